The van der Waals surface area contributed by atoms with Crippen LogP contribution in [0, 0.1) is 11.3 Å². The highest BCUT2D eigenvalue weighted by molar-refractivity contribution is 5.83. The van der Waals surface area contributed by atoms with Gasteiger partial charge in [0.1, 0.15) is 18.3 Å². The number of fused-ring (bicyclic) bond motifs is 2. The molecular formula is C19H13F2N5O2. The van der Waals surface area contributed by atoms with Gasteiger partial charge in [0.25, 0.3) is 12.0 Å². The summed E-state index contributed by atoms with van der Waals surface area (Å²) in [5.74, 6) is 0.0619. The van der Waals surface area contributed by atoms with Gasteiger partial charge in [-0.3, -0.25) is 4.79 Å². The summed E-state index contributed by atoms with van der Waals surface area (Å²) >= 11 is 0. The maximum Gasteiger partial charge on any atom is 0.272 e. The van der Waals surface area contributed by atoms with Crippen molar-refractivity contribution < 1.29 is 13.5 Å². The maximum absolute atomic E-state index is 12.4. The van der Waals surface area contributed by atoms with Crippen molar-refractivity contribution in [3.63, 3.8) is 0 Å². The van der Waals surface area contributed by atoms with Crippen LogP contribution in [0.15, 0.2) is 47.5 Å². The van der Waals surface area contributed by atoms with Gasteiger partial charge in [0.05, 0.1) is 28.5 Å². The molecule has 0 aliphatic rings. The van der Waals surface area contributed by atoms with Crippen LogP contribution < -0.4 is 10.3 Å². The fraction of sp³-hybridized carbons (Fsp3) is 0.158. The number of rotatable bonds is 5. The molecule has 0 aliphatic carbocycles. The number of pyridine rings is 1. The summed E-state index contributed by atoms with van der Waals surface area (Å²) in [6.07, 6.45) is 0.854. The molecule has 3 aromatic heterocycles. The second-order valence-corrected chi connectivity index (χ2v) is 6.08. The number of aromatic nitrogens is 4. The van der Waals surface area contributed by atoms with Gasteiger partial charge in [-0.15, -0.1) is 0 Å². The van der Waals surface area contributed by atoms with Gasteiger partial charge in [0.2, 0.25) is 0 Å². The Morgan fingerprint density at radius 2 is 2.04 bits per heavy atom. The predicted molar refractivity (Wildman–Crippen MR) is 96.6 cm³/mol. The number of H-pyrrole nitrogens is 1. The monoisotopic (exact) mass is 381 g/mol. The average Bonchev–Trinajstić information content (AvgIpc) is 3.09. The van der Waals surface area contributed by atoms with Crippen LogP contribution in [0.1, 0.15) is 17.0 Å². The SMILES string of the molecule is N#Cc1cc2nc(Cc3n[nH]c(=O)c4ccccc34)cn2cc1OCC(F)F. The molecule has 140 valence electrons. The van der Waals surface area contributed by atoms with E-state index in [2.05, 4.69) is 15.2 Å². The lowest BCUT2D eigenvalue weighted by atomic mass is 10.1. The number of nitrogens with zero attached hydrogens (tertiary/aromatic N) is 4. The zero-order valence-electron chi connectivity index (χ0n) is 14.4. The standard InChI is InChI=1S/C19H13F2N5O2/c20-17(21)10-28-16-9-26-8-12(23-18(26)5-11(16)7-22)6-15-13-3-1-2-4-14(13)19(27)25-24-15/h1-5,8-9,17H,6,10H2,(H,25,27). The second-order valence-electron chi connectivity index (χ2n) is 6.08. The number of hydrogen-bond donors (Lipinski definition) is 1. The van der Waals surface area contributed by atoms with E-state index in [0.717, 1.165) is 5.39 Å². The van der Waals surface area contributed by atoms with Crippen LogP contribution in [0.2, 0.25) is 0 Å². The quantitative estimate of drug-likeness (QED) is 0.573. The molecular weight excluding hydrogens is 368 g/mol. The van der Waals surface area contributed by atoms with Crippen LogP contribution in [0.5, 0.6) is 5.75 Å². The van der Waals surface area contributed by atoms with Crippen molar-refractivity contribution in [1.29, 1.82) is 5.26 Å². The van der Waals surface area contributed by atoms with Crippen LogP contribution >= 0.6 is 0 Å². The van der Waals surface area contributed by atoms with E-state index < -0.39 is 13.0 Å². The summed E-state index contributed by atoms with van der Waals surface area (Å²) in [5.41, 5.74) is 1.62. The Bertz CT molecular complexity index is 1270. The minimum Gasteiger partial charge on any atom is -0.485 e. The lowest BCUT2D eigenvalue weighted by molar-refractivity contribution is 0.0815. The van der Waals surface area contributed by atoms with Gasteiger partial charge in [0.15, 0.2) is 5.75 Å². The van der Waals surface area contributed by atoms with Crippen LogP contribution in [0.25, 0.3) is 16.4 Å². The minimum absolute atomic E-state index is 0.0619. The number of hydrogen-bond acceptors (Lipinski definition) is 5. The lowest BCUT2D eigenvalue weighted by Crippen LogP contribution is -2.11. The molecule has 28 heavy (non-hydrogen) atoms. The number of alkyl halides is 2. The first-order valence-electron chi connectivity index (χ1n) is 8.34. The molecule has 3 heterocycles. The molecule has 7 nitrogen and oxygen atoms in total. The number of halogens is 2. The normalized spacial score (nSPS) is 11.2. The van der Waals surface area contributed by atoms with Crippen LogP contribution in [-0.2, 0) is 6.42 Å². The van der Waals surface area contributed by atoms with Crippen LogP contribution in [0.4, 0.5) is 8.78 Å². The highest BCUT2D eigenvalue weighted by atomic mass is 19.3. The van der Waals surface area contributed by atoms with Gasteiger partial charge in [-0.25, -0.2) is 18.9 Å². The smallest absolute Gasteiger partial charge is 0.272 e. The highest BCUT2D eigenvalue weighted by Gasteiger charge is 2.13. The average molecular weight is 381 g/mol. The Kier molecular flexibility index (Phi) is 4.45. The first kappa shape index (κ1) is 17.6. The van der Waals surface area contributed by atoms with Gasteiger partial charge in [-0.1, -0.05) is 18.2 Å². The molecule has 4 rings (SSSR count). The van der Waals surface area contributed by atoms with Crippen molar-refractivity contribution in [2.24, 2.45) is 0 Å². The van der Waals surface area contributed by atoms with E-state index in [4.69, 9.17) is 4.74 Å². The van der Waals surface area contributed by atoms with Gasteiger partial charge >= 0.3 is 0 Å². The summed E-state index contributed by atoms with van der Waals surface area (Å²) < 4.78 is 31.5. The minimum atomic E-state index is -2.64. The van der Waals surface area contributed by atoms with Crippen molar-refractivity contribution >= 4 is 16.4 Å². The lowest BCUT2D eigenvalue weighted by Gasteiger charge is -2.07. The van der Waals surface area contributed by atoms with Crippen molar-refractivity contribution in [3.8, 4) is 11.8 Å². The molecule has 9 heteroatoms. The number of imidazole rings is 1. The van der Waals surface area contributed by atoms with E-state index in [0.29, 0.717) is 28.8 Å². The molecule has 0 aliphatic heterocycles. The maximum atomic E-state index is 12.4. The van der Waals surface area contributed by atoms with Crippen molar-refractivity contribution in [2.45, 2.75) is 12.8 Å². The number of nitrogens with one attached hydrogen (secondary N) is 1. The largest absolute Gasteiger partial charge is 0.485 e. The summed E-state index contributed by atoms with van der Waals surface area (Å²) in [6, 6.07) is 10.5. The Morgan fingerprint density at radius 1 is 1.25 bits per heavy atom. The zero-order chi connectivity index (χ0) is 19.7. The van der Waals surface area contributed by atoms with Gasteiger partial charge < -0.3 is 9.14 Å². The molecule has 0 radical (unpaired) electrons. The zero-order valence-corrected chi connectivity index (χ0v) is 14.4. The van der Waals surface area contributed by atoms with E-state index in [9.17, 15) is 18.8 Å². The van der Waals surface area contributed by atoms with Crippen molar-refractivity contribution in [3.05, 3.63) is 70.0 Å². The molecule has 4 aromatic rings. The molecule has 0 fully saturated rings. The fourth-order valence-electron chi connectivity index (χ4n) is 2.98. The second kappa shape index (κ2) is 7.08. The molecule has 0 spiro atoms. The predicted octanol–water partition coefficient (Wildman–Crippen LogP) is 2.68. The fourth-order valence-corrected chi connectivity index (χ4v) is 2.98. The molecule has 0 bridgehead atoms. The molecule has 0 saturated carbocycles. The molecule has 0 atom stereocenters. The molecule has 0 unspecified atom stereocenters. The molecule has 0 saturated heterocycles. The molecule has 1 aromatic carbocycles. The first-order valence-corrected chi connectivity index (χ1v) is 8.34. The van der Waals surface area contributed by atoms with Crippen molar-refractivity contribution in [2.75, 3.05) is 6.61 Å². The number of nitriles is 1. The summed E-state index contributed by atoms with van der Waals surface area (Å²) in [6.45, 7) is -0.797. The van der Waals surface area contributed by atoms with Crippen molar-refractivity contribution in [1.82, 2.24) is 19.6 Å². The van der Waals surface area contributed by atoms with Crippen LogP contribution in [-0.4, -0.2) is 32.6 Å². The van der Waals surface area contributed by atoms with E-state index in [1.54, 1.807) is 22.7 Å². The Morgan fingerprint density at radius 3 is 2.79 bits per heavy atom. The summed E-state index contributed by atoms with van der Waals surface area (Å²) in [5, 5.41) is 17.1. The highest BCUT2D eigenvalue weighted by Crippen LogP contribution is 2.22. The van der Waals surface area contributed by atoms with Crippen LogP contribution in [0.3, 0.4) is 0 Å². The third-order valence-electron chi connectivity index (χ3n) is 4.21. The molecule has 1 N–H and O–H groups in total. The first-order chi connectivity index (χ1) is 13.5. The van der Waals surface area contributed by atoms with Gasteiger partial charge in [0, 0.05) is 24.1 Å². The van der Waals surface area contributed by atoms with E-state index in [-0.39, 0.29) is 16.9 Å². The third kappa shape index (κ3) is 3.27. The summed E-state index contributed by atoms with van der Waals surface area (Å²) in [4.78, 5) is 16.4. The Hall–Kier alpha value is -3.80. The van der Waals surface area contributed by atoms with Gasteiger partial charge in [-0.2, -0.15) is 10.4 Å². The van der Waals surface area contributed by atoms with E-state index >= 15 is 0 Å². The van der Waals surface area contributed by atoms with Gasteiger partial charge in [-0.05, 0) is 6.07 Å². The summed E-state index contributed by atoms with van der Waals surface area (Å²) in [7, 11) is 0. The van der Waals surface area contributed by atoms with E-state index in [1.165, 1.54) is 12.3 Å². The van der Waals surface area contributed by atoms with E-state index in [1.807, 2.05) is 18.2 Å². The topological polar surface area (TPSA) is 96.1 Å². The Balaban J connectivity index is 1.72. The Labute approximate surface area is 156 Å². The third-order valence-corrected chi connectivity index (χ3v) is 4.21. The molecule has 0 amide bonds. The number of ether oxygens (including phenoxy) is 1. The number of aromatic amines is 1. The number of benzene rings is 1.